The van der Waals surface area contributed by atoms with Crippen molar-refractivity contribution < 1.29 is 24.2 Å². The van der Waals surface area contributed by atoms with E-state index in [4.69, 9.17) is 5.11 Å². The van der Waals surface area contributed by atoms with Crippen LogP contribution in [0.2, 0.25) is 0 Å². The minimum absolute atomic E-state index is 0.103. The highest BCUT2D eigenvalue weighted by molar-refractivity contribution is 6.03. The minimum atomic E-state index is -1.43. The third-order valence-electron chi connectivity index (χ3n) is 2.10. The molecule has 6 heteroatoms. The molecule has 6 nitrogen and oxygen atoms in total. The third kappa shape index (κ3) is 4.25. The second-order valence-corrected chi connectivity index (χ2v) is 3.77. The molecule has 1 aromatic carbocycles. The van der Waals surface area contributed by atoms with Gasteiger partial charge in [-0.15, -0.1) is 0 Å². The molecule has 1 amide bonds. The van der Waals surface area contributed by atoms with Gasteiger partial charge in [-0.3, -0.25) is 9.59 Å². The molecule has 0 spiro atoms. The second-order valence-electron chi connectivity index (χ2n) is 3.77. The lowest BCUT2D eigenvalue weighted by atomic mass is 10.2. The van der Waals surface area contributed by atoms with Crippen molar-refractivity contribution in [2.24, 2.45) is 0 Å². The van der Waals surface area contributed by atoms with E-state index in [1.807, 2.05) is 0 Å². The average Bonchev–Trinajstić information content (AvgIpc) is 2.21. The fraction of sp³-hybridized carbons (Fsp3) is 0.250. The summed E-state index contributed by atoms with van der Waals surface area (Å²) >= 11 is 0. The summed E-state index contributed by atoms with van der Waals surface area (Å²) in [6, 6.07) is 4.48. The lowest BCUT2D eigenvalue weighted by Gasteiger charge is -2.09. The van der Waals surface area contributed by atoms with E-state index in [1.54, 1.807) is 13.0 Å². The van der Waals surface area contributed by atoms with Crippen molar-refractivity contribution in [2.45, 2.75) is 20.3 Å². The van der Waals surface area contributed by atoms with Crippen LogP contribution in [0.15, 0.2) is 18.2 Å². The molecular formula is C12H13NO5. The van der Waals surface area contributed by atoms with Gasteiger partial charge in [-0.2, -0.15) is 0 Å². The number of anilines is 1. The number of carbonyl (C=O) groups is 3. The Kier molecular flexibility index (Phi) is 4.42. The van der Waals surface area contributed by atoms with Gasteiger partial charge in [0.05, 0.1) is 6.42 Å². The quantitative estimate of drug-likeness (QED) is 0.485. The van der Waals surface area contributed by atoms with Gasteiger partial charge in [0.1, 0.15) is 11.5 Å². The summed E-state index contributed by atoms with van der Waals surface area (Å²) in [6.45, 7) is 3.06. The zero-order chi connectivity index (χ0) is 13.7. The van der Waals surface area contributed by atoms with E-state index in [0.717, 1.165) is 5.56 Å². The molecule has 0 unspecified atom stereocenters. The first kappa shape index (κ1) is 13.7. The summed E-state index contributed by atoms with van der Waals surface area (Å²) in [5, 5.41) is 11.0. The van der Waals surface area contributed by atoms with Gasteiger partial charge in [-0.25, -0.2) is 4.79 Å². The maximum Gasteiger partial charge on any atom is 0.511 e. The van der Waals surface area contributed by atoms with Gasteiger partial charge in [0, 0.05) is 11.8 Å². The van der Waals surface area contributed by atoms with Gasteiger partial charge in [-0.05, 0) is 25.5 Å². The molecule has 96 valence electrons. The fourth-order valence-electron chi connectivity index (χ4n) is 1.32. The summed E-state index contributed by atoms with van der Waals surface area (Å²) < 4.78 is 4.47. The summed E-state index contributed by atoms with van der Waals surface area (Å²) in [7, 11) is 0. The van der Waals surface area contributed by atoms with E-state index in [2.05, 4.69) is 10.1 Å². The molecule has 0 aliphatic carbocycles. The number of nitrogens with one attached hydrogen (secondary N) is 1. The molecule has 0 aliphatic heterocycles. The number of benzene rings is 1. The molecule has 0 bridgehead atoms. The number of ether oxygens (including phenoxy) is 1. The van der Waals surface area contributed by atoms with Crippen molar-refractivity contribution in [1.29, 1.82) is 0 Å². The van der Waals surface area contributed by atoms with Crippen LogP contribution in [0.1, 0.15) is 18.9 Å². The summed E-state index contributed by atoms with van der Waals surface area (Å²) in [5.74, 6) is -0.590. The van der Waals surface area contributed by atoms with Crippen molar-refractivity contribution in [1.82, 2.24) is 0 Å². The maximum atomic E-state index is 11.4. The first-order valence-electron chi connectivity index (χ1n) is 5.19. The number of carbonyl (C=O) groups excluding carboxylic acids is 2. The molecule has 0 saturated heterocycles. The molecule has 0 heterocycles. The van der Waals surface area contributed by atoms with Gasteiger partial charge in [0.25, 0.3) is 0 Å². The van der Waals surface area contributed by atoms with Crippen LogP contribution in [-0.2, 0) is 9.59 Å². The van der Waals surface area contributed by atoms with Crippen molar-refractivity contribution in [3.8, 4) is 5.75 Å². The lowest BCUT2D eigenvalue weighted by molar-refractivity contribution is -0.124. The van der Waals surface area contributed by atoms with Crippen molar-refractivity contribution >= 4 is 23.5 Å². The zero-order valence-corrected chi connectivity index (χ0v) is 10.0. The summed E-state index contributed by atoms with van der Waals surface area (Å²) in [6.07, 6.45) is -1.65. The Morgan fingerprint density at radius 3 is 2.56 bits per heavy atom. The number of rotatable bonds is 4. The molecule has 0 aromatic heterocycles. The van der Waals surface area contributed by atoms with Crippen LogP contribution in [0.3, 0.4) is 0 Å². The zero-order valence-electron chi connectivity index (χ0n) is 10.0. The molecule has 18 heavy (non-hydrogen) atoms. The van der Waals surface area contributed by atoms with E-state index < -0.39 is 12.1 Å². The largest absolute Gasteiger partial charge is 0.511 e. The van der Waals surface area contributed by atoms with Crippen LogP contribution in [-0.4, -0.2) is 23.0 Å². The van der Waals surface area contributed by atoms with E-state index in [-0.39, 0.29) is 18.0 Å². The topological polar surface area (TPSA) is 92.7 Å². The number of carboxylic acid groups (broad SMARTS) is 1. The highest BCUT2D eigenvalue weighted by atomic mass is 16.7. The van der Waals surface area contributed by atoms with E-state index in [1.165, 1.54) is 19.1 Å². The lowest BCUT2D eigenvalue weighted by Crippen LogP contribution is -2.15. The number of Topliss-reactive ketones (excluding diaryl/α,β-unsaturated/α-hetero) is 1. The van der Waals surface area contributed by atoms with Crippen molar-refractivity contribution in [3.05, 3.63) is 23.8 Å². The number of hydrogen-bond donors (Lipinski definition) is 2. The Labute approximate surface area is 104 Å². The Morgan fingerprint density at radius 1 is 1.33 bits per heavy atom. The van der Waals surface area contributed by atoms with E-state index in [9.17, 15) is 14.4 Å². The Balaban J connectivity index is 2.84. The number of hydrogen-bond acceptors (Lipinski definition) is 4. The van der Waals surface area contributed by atoms with Gasteiger partial charge < -0.3 is 15.2 Å². The number of amides is 1. The van der Waals surface area contributed by atoms with Crippen molar-refractivity contribution in [2.75, 3.05) is 5.32 Å². The predicted octanol–water partition coefficient (Wildman–Crippen LogP) is 1.97. The minimum Gasteiger partial charge on any atom is -0.449 e. The normalized spacial score (nSPS) is 9.67. The van der Waals surface area contributed by atoms with Gasteiger partial charge in [-0.1, -0.05) is 6.07 Å². The molecule has 0 atom stereocenters. The fourth-order valence-corrected chi connectivity index (χ4v) is 1.32. The van der Waals surface area contributed by atoms with Crippen LogP contribution in [0.5, 0.6) is 5.75 Å². The van der Waals surface area contributed by atoms with Gasteiger partial charge in [0.2, 0.25) is 5.91 Å². The molecule has 0 aliphatic rings. The first-order chi connectivity index (χ1) is 8.38. The Hall–Kier alpha value is -2.37. The van der Waals surface area contributed by atoms with E-state index >= 15 is 0 Å². The van der Waals surface area contributed by atoms with E-state index in [0.29, 0.717) is 5.69 Å². The molecular weight excluding hydrogens is 238 g/mol. The second kappa shape index (κ2) is 5.81. The monoisotopic (exact) mass is 251 g/mol. The summed E-state index contributed by atoms with van der Waals surface area (Å²) in [5.41, 5.74) is 1.16. The van der Waals surface area contributed by atoms with Gasteiger partial charge in [0.15, 0.2) is 0 Å². The number of aryl methyl sites for hydroxylation is 1. The Morgan fingerprint density at radius 2 is 2.00 bits per heavy atom. The van der Waals surface area contributed by atoms with Crippen LogP contribution in [0, 0.1) is 6.92 Å². The molecule has 1 rings (SSSR count). The molecule has 0 saturated carbocycles. The Bertz CT molecular complexity index is 495. The highest BCUT2D eigenvalue weighted by Crippen LogP contribution is 2.22. The van der Waals surface area contributed by atoms with Crippen LogP contribution in [0.25, 0.3) is 0 Å². The molecule has 2 N–H and O–H groups in total. The molecule has 1 aromatic rings. The standard InChI is InChI=1S/C12H13NO5/c1-7-3-4-9(18-12(16)17)6-10(7)13-11(15)5-8(2)14/h3-4,6H,5H2,1-2H3,(H,13,15)(H,16,17). The van der Waals surface area contributed by atoms with Crippen LogP contribution < -0.4 is 10.1 Å². The molecule has 0 fully saturated rings. The third-order valence-corrected chi connectivity index (χ3v) is 2.10. The first-order valence-corrected chi connectivity index (χ1v) is 5.19. The molecule has 0 radical (unpaired) electrons. The predicted molar refractivity (Wildman–Crippen MR) is 63.8 cm³/mol. The van der Waals surface area contributed by atoms with Crippen LogP contribution >= 0.6 is 0 Å². The van der Waals surface area contributed by atoms with Gasteiger partial charge >= 0.3 is 6.16 Å². The maximum absolute atomic E-state index is 11.4. The van der Waals surface area contributed by atoms with Crippen LogP contribution in [0.4, 0.5) is 10.5 Å². The summed E-state index contributed by atoms with van der Waals surface area (Å²) in [4.78, 5) is 32.6. The number of ketones is 1. The highest BCUT2D eigenvalue weighted by Gasteiger charge is 2.09. The SMILES string of the molecule is CC(=O)CC(=O)Nc1cc(OC(=O)O)ccc1C. The average molecular weight is 251 g/mol. The smallest absolute Gasteiger partial charge is 0.449 e. The van der Waals surface area contributed by atoms with Crippen molar-refractivity contribution in [3.63, 3.8) is 0 Å².